The summed E-state index contributed by atoms with van der Waals surface area (Å²) in [6.45, 7) is 1.69. The van der Waals surface area contributed by atoms with Crippen LogP contribution in [0.3, 0.4) is 0 Å². The zero-order valence-electron chi connectivity index (χ0n) is 12.8. The molecule has 3 aliphatic rings. The lowest BCUT2D eigenvalue weighted by Crippen LogP contribution is -2.57. The summed E-state index contributed by atoms with van der Waals surface area (Å²) in [6.07, 6.45) is 11.4. The van der Waals surface area contributed by atoms with Crippen LogP contribution in [0.15, 0.2) is 5.16 Å². The number of hydrogen-bond acceptors (Lipinski definition) is 3. The van der Waals surface area contributed by atoms with Gasteiger partial charge < -0.3 is 15.8 Å². The molecule has 0 aromatic carbocycles. The van der Waals surface area contributed by atoms with Gasteiger partial charge in [-0.1, -0.05) is 30.8 Å². The largest absolute Gasteiger partial charge is 0.409 e. The van der Waals surface area contributed by atoms with E-state index in [4.69, 9.17) is 10.9 Å². The van der Waals surface area contributed by atoms with Gasteiger partial charge in [-0.25, -0.2) is 0 Å². The third-order valence-electron chi connectivity index (χ3n) is 6.24. The molecule has 1 spiro atoms. The molecule has 0 unspecified atom stereocenters. The molecule has 3 fully saturated rings. The fourth-order valence-corrected chi connectivity index (χ4v) is 4.49. The second-order valence-electron chi connectivity index (χ2n) is 7.27. The van der Waals surface area contributed by atoms with E-state index in [-0.39, 0.29) is 11.7 Å². The summed E-state index contributed by atoms with van der Waals surface area (Å²) in [5.41, 5.74) is 5.61. The van der Waals surface area contributed by atoms with E-state index in [2.05, 4.69) is 5.16 Å². The van der Waals surface area contributed by atoms with Crippen LogP contribution in [0.25, 0.3) is 0 Å². The van der Waals surface area contributed by atoms with Crippen LogP contribution >= 0.6 is 0 Å². The summed E-state index contributed by atoms with van der Waals surface area (Å²) in [7, 11) is 0. The Hall–Kier alpha value is -1.26. The van der Waals surface area contributed by atoms with Gasteiger partial charge in [0.25, 0.3) is 0 Å². The fourth-order valence-electron chi connectivity index (χ4n) is 4.49. The predicted molar refractivity (Wildman–Crippen MR) is 81.0 cm³/mol. The first kappa shape index (κ1) is 14.7. The zero-order valence-corrected chi connectivity index (χ0v) is 12.8. The molecule has 0 radical (unpaired) electrons. The van der Waals surface area contributed by atoms with Crippen LogP contribution in [-0.2, 0) is 4.79 Å². The van der Waals surface area contributed by atoms with Crippen molar-refractivity contribution in [2.45, 2.75) is 64.2 Å². The highest BCUT2D eigenvalue weighted by Gasteiger charge is 2.51. The number of piperidine rings is 1. The monoisotopic (exact) mass is 293 g/mol. The minimum absolute atomic E-state index is 0.0923. The minimum Gasteiger partial charge on any atom is -0.409 e. The Balaban J connectivity index is 1.65. The van der Waals surface area contributed by atoms with Crippen LogP contribution in [0.4, 0.5) is 0 Å². The van der Waals surface area contributed by atoms with Gasteiger partial charge in [0.05, 0.1) is 0 Å². The molecule has 3 N–H and O–H groups in total. The Morgan fingerprint density at radius 2 is 1.57 bits per heavy atom. The van der Waals surface area contributed by atoms with E-state index < -0.39 is 5.41 Å². The van der Waals surface area contributed by atoms with Crippen molar-refractivity contribution in [3.05, 3.63) is 0 Å². The van der Waals surface area contributed by atoms with Gasteiger partial charge in [0.2, 0.25) is 5.91 Å². The normalized spacial score (nSPS) is 28.2. The third kappa shape index (κ3) is 2.40. The number of likely N-dealkylation sites (tertiary alicyclic amines) is 1. The first-order valence-electron chi connectivity index (χ1n) is 8.39. The molecule has 118 valence electrons. The number of nitrogens with zero attached hydrogens (tertiary/aromatic N) is 2. The third-order valence-corrected chi connectivity index (χ3v) is 6.24. The highest BCUT2D eigenvalue weighted by atomic mass is 16.4. The van der Waals surface area contributed by atoms with E-state index in [9.17, 15) is 4.79 Å². The molecule has 1 amide bonds. The molecular formula is C16H27N3O2. The van der Waals surface area contributed by atoms with Crippen LogP contribution in [0.2, 0.25) is 0 Å². The maximum absolute atomic E-state index is 12.8. The summed E-state index contributed by atoms with van der Waals surface area (Å²) in [6, 6.07) is 0. The maximum Gasteiger partial charge on any atom is 0.236 e. The Morgan fingerprint density at radius 3 is 2.05 bits per heavy atom. The number of hydrogen-bond donors (Lipinski definition) is 2. The van der Waals surface area contributed by atoms with Crippen molar-refractivity contribution in [2.24, 2.45) is 21.7 Å². The molecule has 1 aliphatic heterocycles. The van der Waals surface area contributed by atoms with Gasteiger partial charge in [-0.15, -0.1) is 0 Å². The molecule has 1 heterocycles. The number of carbonyl (C=O) groups excluding carboxylic acids is 1. The lowest BCUT2D eigenvalue weighted by Gasteiger charge is -2.48. The summed E-state index contributed by atoms with van der Waals surface area (Å²) < 4.78 is 0. The first-order chi connectivity index (χ1) is 10.1. The fraction of sp³-hybridized carbons (Fsp3) is 0.875. The van der Waals surface area contributed by atoms with Crippen LogP contribution in [0, 0.1) is 10.8 Å². The van der Waals surface area contributed by atoms with Crippen molar-refractivity contribution in [2.75, 3.05) is 13.1 Å². The Bertz CT molecular complexity index is 427. The molecule has 2 saturated carbocycles. The van der Waals surface area contributed by atoms with Crippen molar-refractivity contribution in [1.82, 2.24) is 4.90 Å². The summed E-state index contributed by atoms with van der Waals surface area (Å²) in [5.74, 6) is 0.200. The number of amidine groups is 1. The SMILES string of the molecule is NC(=NO)C1(C(=O)N2CCC3(CCCCC3)CC2)CCC1. The van der Waals surface area contributed by atoms with Crippen LogP contribution in [-0.4, -0.2) is 34.9 Å². The molecular weight excluding hydrogens is 266 g/mol. The zero-order chi connectivity index (χ0) is 14.9. The van der Waals surface area contributed by atoms with Crippen molar-refractivity contribution in [3.8, 4) is 0 Å². The van der Waals surface area contributed by atoms with Gasteiger partial charge in [0.15, 0.2) is 5.84 Å². The second kappa shape index (κ2) is 5.50. The number of carbonyl (C=O) groups is 1. The molecule has 3 rings (SSSR count). The van der Waals surface area contributed by atoms with Crippen LogP contribution in [0.1, 0.15) is 64.2 Å². The molecule has 1 saturated heterocycles. The van der Waals surface area contributed by atoms with Gasteiger partial charge in [-0.05, 0) is 43.9 Å². The number of amides is 1. The smallest absolute Gasteiger partial charge is 0.236 e. The van der Waals surface area contributed by atoms with Crippen molar-refractivity contribution in [3.63, 3.8) is 0 Å². The number of nitrogens with two attached hydrogens (primary N) is 1. The minimum atomic E-state index is -0.703. The van der Waals surface area contributed by atoms with Crippen LogP contribution in [0.5, 0.6) is 0 Å². The van der Waals surface area contributed by atoms with Crippen molar-refractivity contribution in [1.29, 1.82) is 0 Å². The average Bonchev–Trinajstić information content (AvgIpc) is 2.47. The van der Waals surface area contributed by atoms with E-state index in [0.29, 0.717) is 5.41 Å². The van der Waals surface area contributed by atoms with E-state index in [0.717, 1.165) is 45.2 Å². The molecule has 2 aliphatic carbocycles. The predicted octanol–water partition coefficient (Wildman–Crippen LogP) is 2.48. The quantitative estimate of drug-likeness (QED) is 0.355. The molecule has 0 aromatic rings. The first-order valence-corrected chi connectivity index (χ1v) is 8.39. The van der Waals surface area contributed by atoms with Gasteiger partial charge in [0.1, 0.15) is 5.41 Å². The molecule has 5 heteroatoms. The maximum atomic E-state index is 12.8. The van der Waals surface area contributed by atoms with Gasteiger partial charge >= 0.3 is 0 Å². The van der Waals surface area contributed by atoms with Gasteiger partial charge in [0, 0.05) is 13.1 Å². The Labute approximate surface area is 126 Å². The van der Waals surface area contributed by atoms with Gasteiger partial charge in [-0.3, -0.25) is 4.79 Å². The van der Waals surface area contributed by atoms with E-state index in [1.807, 2.05) is 4.90 Å². The van der Waals surface area contributed by atoms with E-state index in [1.165, 1.54) is 32.1 Å². The lowest BCUT2D eigenvalue weighted by atomic mass is 9.65. The van der Waals surface area contributed by atoms with E-state index in [1.54, 1.807) is 0 Å². The number of oxime groups is 1. The van der Waals surface area contributed by atoms with Crippen molar-refractivity contribution < 1.29 is 10.0 Å². The summed E-state index contributed by atoms with van der Waals surface area (Å²) in [5, 5.41) is 12.1. The molecule has 5 nitrogen and oxygen atoms in total. The number of rotatable bonds is 2. The summed E-state index contributed by atoms with van der Waals surface area (Å²) in [4.78, 5) is 14.8. The molecule has 0 aromatic heterocycles. The second-order valence-corrected chi connectivity index (χ2v) is 7.27. The summed E-state index contributed by atoms with van der Waals surface area (Å²) >= 11 is 0. The average molecular weight is 293 g/mol. The Kier molecular flexibility index (Phi) is 3.84. The van der Waals surface area contributed by atoms with Crippen molar-refractivity contribution >= 4 is 11.7 Å². The molecule has 21 heavy (non-hydrogen) atoms. The lowest BCUT2D eigenvalue weighted by molar-refractivity contribution is -0.145. The standard InChI is InChI=1S/C16H27N3O2/c17-13(18-21)16(7-4-8-16)14(20)19-11-9-15(10-12-19)5-2-1-3-6-15/h21H,1-12H2,(H2,17,18). The van der Waals surface area contributed by atoms with Gasteiger partial charge in [-0.2, -0.15) is 0 Å². The molecule has 0 atom stereocenters. The van der Waals surface area contributed by atoms with E-state index >= 15 is 0 Å². The Morgan fingerprint density at radius 1 is 0.952 bits per heavy atom. The topological polar surface area (TPSA) is 78.9 Å². The highest BCUT2D eigenvalue weighted by molar-refractivity contribution is 6.07. The highest BCUT2D eigenvalue weighted by Crippen LogP contribution is 2.47. The van der Waals surface area contributed by atoms with Crippen LogP contribution < -0.4 is 5.73 Å². The molecule has 0 bridgehead atoms.